The van der Waals surface area contributed by atoms with Crippen molar-refractivity contribution in [1.29, 1.82) is 0 Å². The van der Waals surface area contributed by atoms with Crippen LogP contribution in [0.4, 0.5) is 0 Å². The van der Waals surface area contributed by atoms with Gasteiger partial charge >= 0.3 is 5.97 Å². The highest BCUT2D eigenvalue weighted by molar-refractivity contribution is 5.81. The average molecular weight is 131 g/mol. The van der Waals surface area contributed by atoms with Crippen LogP contribution >= 0.6 is 0 Å². The van der Waals surface area contributed by atoms with E-state index in [-0.39, 0.29) is 13.5 Å². The molecule has 0 aliphatic rings. The second kappa shape index (κ2) is 5.27. The molecule has 0 saturated heterocycles. The Hall–Kier alpha value is -0.870. The van der Waals surface area contributed by atoms with Crippen LogP contribution in [0.3, 0.4) is 0 Å². The lowest BCUT2D eigenvalue weighted by molar-refractivity contribution is -0.149. The Kier molecular flexibility index (Phi) is 4.76. The standard InChI is InChI=1S/C5H9NO3/c1-2-5(7)9-4-8-3-6/h2H,1,3-4,6H2. The Bertz CT molecular complexity index is 102. The smallest absolute Gasteiger partial charge is 0.332 e. The Morgan fingerprint density at radius 2 is 2.44 bits per heavy atom. The summed E-state index contributed by atoms with van der Waals surface area (Å²) in [5, 5.41) is 0. The van der Waals surface area contributed by atoms with Crippen LogP contribution in [0.15, 0.2) is 12.7 Å². The summed E-state index contributed by atoms with van der Waals surface area (Å²) in [5.74, 6) is -0.511. The zero-order chi connectivity index (χ0) is 7.11. The molecule has 9 heavy (non-hydrogen) atoms. The molecule has 0 radical (unpaired) electrons. The summed E-state index contributed by atoms with van der Waals surface area (Å²) in [6.45, 7) is 3.11. The van der Waals surface area contributed by atoms with E-state index < -0.39 is 5.97 Å². The molecule has 0 atom stereocenters. The molecule has 0 unspecified atom stereocenters. The van der Waals surface area contributed by atoms with Crippen molar-refractivity contribution in [3.63, 3.8) is 0 Å². The molecular weight excluding hydrogens is 122 g/mol. The minimum absolute atomic E-state index is 0.0461. The van der Waals surface area contributed by atoms with Gasteiger partial charge in [-0.3, -0.25) is 0 Å². The average Bonchev–Trinajstić information content (AvgIpc) is 1.89. The summed E-state index contributed by atoms with van der Waals surface area (Å²) in [6.07, 6.45) is 1.06. The zero-order valence-corrected chi connectivity index (χ0v) is 5.00. The predicted molar refractivity (Wildman–Crippen MR) is 31.3 cm³/mol. The first-order chi connectivity index (χ1) is 4.31. The third kappa shape index (κ3) is 4.99. The molecular formula is C5H9NO3. The lowest BCUT2D eigenvalue weighted by Crippen LogP contribution is -2.10. The highest BCUT2D eigenvalue weighted by Crippen LogP contribution is 1.78. The third-order valence-electron chi connectivity index (χ3n) is 0.569. The van der Waals surface area contributed by atoms with Crippen molar-refractivity contribution in [2.24, 2.45) is 5.73 Å². The van der Waals surface area contributed by atoms with E-state index in [9.17, 15) is 4.79 Å². The first-order valence-electron chi connectivity index (χ1n) is 2.38. The SMILES string of the molecule is C=CC(=O)OCOCN. The van der Waals surface area contributed by atoms with Gasteiger partial charge in [0.15, 0.2) is 6.79 Å². The van der Waals surface area contributed by atoms with Gasteiger partial charge < -0.3 is 15.2 Å². The Balaban J connectivity index is 3.07. The van der Waals surface area contributed by atoms with Crippen LogP contribution in [-0.2, 0) is 14.3 Å². The van der Waals surface area contributed by atoms with Crippen molar-refractivity contribution in [1.82, 2.24) is 0 Å². The zero-order valence-electron chi connectivity index (χ0n) is 5.00. The number of carbonyl (C=O) groups excluding carboxylic acids is 1. The maximum atomic E-state index is 10.2. The molecule has 0 aliphatic heterocycles. The number of carbonyl (C=O) groups is 1. The van der Waals surface area contributed by atoms with Gasteiger partial charge in [-0.05, 0) is 0 Å². The van der Waals surface area contributed by atoms with Crippen LogP contribution in [0.25, 0.3) is 0 Å². The van der Waals surface area contributed by atoms with E-state index in [1.54, 1.807) is 0 Å². The van der Waals surface area contributed by atoms with Crippen molar-refractivity contribution >= 4 is 5.97 Å². The number of hydrogen-bond acceptors (Lipinski definition) is 4. The van der Waals surface area contributed by atoms with Crippen LogP contribution in [0.1, 0.15) is 0 Å². The minimum Gasteiger partial charge on any atom is -0.435 e. The Morgan fingerprint density at radius 1 is 1.78 bits per heavy atom. The fourth-order valence-electron chi connectivity index (χ4n) is 0.207. The van der Waals surface area contributed by atoms with E-state index in [0.717, 1.165) is 6.08 Å². The molecule has 0 fully saturated rings. The van der Waals surface area contributed by atoms with Crippen molar-refractivity contribution in [3.05, 3.63) is 12.7 Å². The van der Waals surface area contributed by atoms with E-state index >= 15 is 0 Å². The fourth-order valence-corrected chi connectivity index (χ4v) is 0.207. The summed E-state index contributed by atoms with van der Waals surface area (Å²) < 4.78 is 8.87. The molecule has 0 aromatic heterocycles. The maximum absolute atomic E-state index is 10.2. The molecule has 2 N–H and O–H groups in total. The Morgan fingerprint density at radius 3 is 2.89 bits per heavy atom. The minimum atomic E-state index is -0.511. The predicted octanol–water partition coefficient (Wildman–Crippen LogP) is -0.394. The summed E-state index contributed by atoms with van der Waals surface area (Å²) in [6, 6.07) is 0. The van der Waals surface area contributed by atoms with Crippen molar-refractivity contribution in [3.8, 4) is 0 Å². The van der Waals surface area contributed by atoms with Gasteiger partial charge in [-0.25, -0.2) is 4.79 Å². The first-order valence-corrected chi connectivity index (χ1v) is 2.38. The summed E-state index contributed by atoms with van der Waals surface area (Å²) in [4.78, 5) is 10.2. The Labute approximate surface area is 53.2 Å². The summed E-state index contributed by atoms with van der Waals surface area (Å²) in [5.41, 5.74) is 4.92. The van der Waals surface area contributed by atoms with E-state index in [2.05, 4.69) is 16.1 Å². The molecule has 0 aromatic rings. The molecule has 0 saturated carbocycles. The first kappa shape index (κ1) is 8.13. The van der Waals surface area contributed by atoms with E-state index in [4.69, 9.17) is 5.73 Å². The quantitative estimate of drug-likeness (QED) is 0.244. The van der Waals surface area contributed by atoms with E-state index in [1.165, 1.54) is 0 Å². The molecule has 0 bridgehead atoms. The monoisotopic (exact) mass is 131 g/mol. The van der Waals surface area contributed by atoms with Gasteiger partial charge in [0.1, 0.15) is 0 Å². The van der Waals surface area contributed by atoms with E-state index in [0.29, 0.717) is 0 Å². The second-order valence-corrected chi connectivity index (χ2v) is 1.16. The third-order valence-corrected chi connectivity index (χ3v) is 0.569. The van der Waals surface area contributed by atoms with Crippen LogP contribution < -0.4 is 5.73 Å². The summed E-state index contributed by atoms with van der Waals surface area (Å²) >= 11 is 0. The van der Waals surface area contributed by atoms with Crippen LogP contribution in [-0.4, -0.2) is 19.5 Å². The van der Waals surface area contributed by atoms with Crippen LogP contribution in [0, 0.1) is 0 Å². The largest absolute Gasteiger partial charge is 0.435 e. The van der Waals surface area contributed by atoms with Gasteiger partial charge in [0.2, 0.25) is 0 Å². The highest BCUT2D eigenvalue weighted by Gasteiger charge is 1.91. The number of ether oxygens (including phenoxy) is 2. The number of rotatable bonds is 4. The maximum Gasteiger partial charge on any atom is 0.332 e. The highest BCUT2D eigenvalue weighted by atomic mass is 16.7. The molecule has 0 aromatic carbocycles. The van der Waals surface area contributed by atoms with Crippen molar-refractivity contribution < 1.29 is 14.3 Å². The molecule has 0 heterocycles. The molecule has 4 nitrogen and oxygen atoms in total. The second-order valence-electron chi connectivity index (χ2n) is 1.16. The number of hydrogen-bond donors (Lipinski definition) is 1. The molecule has 4 heteroatoms. The van der Waals surface area contributed by atoms with Gasteiger partial charge in [0.05, 0.1) is 6.73 Å². The van der Waals surface area contributed by atoms with Gasteiger partial charge in [-0.1, -0.05) is 6.58 Å². The molecule has 52 valence electrons. The summed E-state index contributed by atoms with van der Waals surface area (Å²) in [7, 11) is 0. The molecule has 0 amide bonds. The van der Waals surface area contributed by atoms with Crippen molar-refractivity contribution in [2.75, 3.05) is 13.5 Å². The normalized spacial score (nSPS) is 8.56. The molecule has 0 rings (SSSR count). The van der Waals surface area contributed by atoms with Crippen LogP contribution in [0.5, 0.6) is 0 Å². The van der Waals surface area contributed by atoms with Crippen LogP contribution in [0.2, 0.25) is 0 Å². The molecule has 0 spiro atoms. The van der Waals surface area contributed by atoms with E-state index in [1.807, 2.05) is 0 Å². The number of nitrogens with two attached hydrogens (primary N) is 1. The number of esters is 1. The van der Waals surface area contributed by atoms with Gasteiger partial charge in [0.25, 0.3) is 0 Å². The molecule has 0 aliphatic carbocycles. The van der Waals surface area contributed by atoms with Crippen molar-refractivity contribution in [2.45, 2.75) is 0 Å². The van der Waals surface area contributed by atoms with Gasteiger partial charge in [0, 0.05) is 6.08 Å². The fraction of sp³-hybridized carbons (Fsp3) is 0.400. The topological polar surface area (TPSA) is 61.5 Å². The lowest BCUT2D eigenvalue weighted by atomic mass is 10.7. The van der Waals surface area contributed by atoms with Gasteiger partial charge in [-0.15, -0.1) is 0 Å². The van der Waals surface area contributed by atoms with Gasteiger partial charge in [-0.2, -0.15) is 0 Å². The lowest BCUT2D eigenvalue weighted by Gasteiger charge is -1.98.